The lowest BCUT2D eigenvalue weighted by molar-refractivity contribution is -0.164. The fourth-order valence-corrected chi connectivity index (χ4v) is 8.83. The molecular weight excluding hydrogens is 432 g/mol. The fraction of sp³-hybridized carbons (Fsp3) is 0.407. The van der Waals surface area contributed by atoms with Crippen LogP contribution in [0.4, 0.5) is 0 Å². The highest BCUT2D eigenvalue weighted by Gasteiger charge is 2.54. The summed E-state index contributed by atoms with van der Waals surface area (Å²) in [6, 6.07) is 20.0. The molecule has 0 N–H and O–H groups in total. The van der Waals surface area contributed by atoms with E-state index < -0.39 is 32.3 Å². The Morgan fingerprint density at radius 1 is 0.879 bits per heavy atom. The smallest absolute Gasteiger partial charge is 0.334 e. The first-order chi connectivity index (χ1) is 15.7. The van der Waals surface area contributed by atoms with Crippen molar-refractivity contribution >= 4 is 30.6 Å². The van der Waals surface area contributed by atoms with Gasteiger partial charge in [0.05, 0.1) is 19.1 Å². The molecule has 0 aliphatic carbocycles. The Labute approximate surface area is 198 Å². The average molecular weight is 469 g/mol. The van der Waals surface area contributed by atoms with Gasteiger partial charge in [-0.05, 0) is 35.7 Å². The first-order valence-electron chi connectivity index (χ1n) is 11.5. The quantitative estimate of drug-likeness (QED) is 0.280. The molecule has 6 heteroatoms. The molecule has 0 aromatic heterocycles. The van der Waals surface area contributed by atoms with Gasteiger partial charge in [0.1, 0.15) is 0 Å². The van der Waals surface area contributed by atoms with E-state index in [0.29, 0.717) is 0 Å². The molecule has 0 heterocycles. The van der Waals surface area contributed by atoms with Gasteiger partial charge in [0.2, 0.25) is 0 Å². The van der Waals surface area contributed by atoms with E-state index in [1.165, 1.54) is 0 Å². The Bertz CT molecular complexity index is 866. The summed E-state index contributed by atoms with van der Waals surface area (Å²) in [6.45, 7) is 14.0. The molecule has 2 aromatic rings. The van der Waals surface area contributed by atoms with Crippen LogP contribution >= 0.6 is 0 Å². The molecule has 178 valence electrons. The van der Waals surface area contributed by atoms with Crippen LogP contribution in [0.25, 0.3) is 0 Å². The molecule has 0 aliphatic rings. The van der Waals surface area contributed by atoms with Crippen LogP contribution in [0.1, 0.15) is 41.0 Å². The first-order valence-corrected chi connectivity index (χ1v) is 13.4. The molecule has 0 radical (unpaired) electrons. The number of rotatable bonds is 11. The Balaban J connectivity index is 2.78. The van der Waals surface area contributed by atoms with E-state index in [2.05, 4.69) is 27.4 Å². The second kappa shape index (κ2) is 12.0. The van der Waals surface area contributed by atoms with Gasteiger partial charge < -0.3 is 13.9 Å². The molecule has 0 spiro atoms. The maximum Gasteiger partial charge on any atom is 0.334 e. The number of allylic oxidation sites excluding steroid dienone is 1. The summed E-state index contributed by atoms with van der Waals surface area (Å²) in [7, 11) is -3.11. The average Bonchev–Trinajstić information content (AvgIpc) is 2.79. The van der Waals surface area contributed by atoms with Crippen LogP contribution in [-0.4, -0.2) is 39.6 Å². The number of carbonyl (C=O) groups is 2. The highest BCUT2D eigenvalue weighted by molar-refractivity contribution is 6.99. The van der Waals surface area contributed by atoms with Crippen molar-refractivity contribution < 1.29 is 23.5 Å². The van der Waals surface area contributed by atoms with E-state index in [4.69, 9.17) is 13.9 Å². The molecular formula is C27H36O5Si. The van der Waals surface area contributed by atoms with Crippen molar-refractivity contribution in [2.24, 2.45) is 5.92 Å². The molecule has 0 bridgehead atoms. The lowest BCUT2D eigenvalue weighted by Gasteiger charge is -2.45. The van der Waals surface area contributed by atoms with Crippen LogP contribution in [0.3, 0.4) is 0 Å². The highest BCUT2D eigenvalue weighted by Crippen LogP contribution is 2.39. The van der Waals surface area contributed by atoms with Crippen LogP contribution in [0, 0.1) is 5.92 Å². The summed E-state index contributed by atoms with van der Waals surface area (Å²) in [5, 5.41) is 1.66. The first kappa shape index (κ1) is 26.5. The van der Waals surface area contributed by atoms with Crippen molar-refractivity contribution in [1.82, 2.24) is 0 Å². The van der Waals surface area contributed by atoms with Gasteiger partial charge in [0.15, 0.2) is 6.10 Å². The van der Waals surface area contributed by atoms with E-state index >= 15 is 0 Å². The minimum absolute atomic E-state index is 0.184. The Morgan fingerprint density at radius 3 is 1.73 bits per heavy atom. The lowest BCUT2D eigenvalue weighted by atomic mass is 9.99. The second-order valence-electron chi connectivity index (χ2n) is 8.84. The summed E-state index contributed by atoms with van der Waals surface area (Å²) in [4.78, 5) is 26.2. The van der Waals surface area contributed by atoms with Crippen molar-refractivity contribution in [3.63, 3.8) is 0 Å². The number of esters is 2. The molecule has 0 fully saturated rings. The standard InChI is InChI=1S/C27H36O5Si/c1-7-16-23(25(28)30-8-2)24(26(29)31-9-3)32-33(27(4,5)6,21-17-12-10-13-18-21)22-19-14-11-15-20-22/h7,10-15,17-20,23-24H,1,8-9,16H2,2-6H3/t23-,24-/m1/s1. The molecule has 2 atom stereocenters. The maximum atomic E-state index is 13.3. The van der Waals surface area contributed by atoms with E-state index in [9.17, 15) is 9.59 Å². The molecule has 2 aromatic carbocycles. The zero-order valence-electron chi connectivity index (χ0n) is 20.4. The molecule has 5 nitrogen and oxygen atoms in total. The third-order valence-corrected chi connectivity index (χ3v) is 10.6. The van der Waals surface area contributed by atoms with Crippen molar-refractivity contribution in [3.8, 4) is 0 Å². The van der Waals surface area contributed by atoms with E-state index in [1.54, 1.807) is 19.9 Å². The largest absolute Gasteiger partial charge is 0.466 e. The predicted octanol–water partition coefficient (Wildman–Crippen LogP) is 4.25. The van der Waals surface area contributed by atoms with Gasteiger partial charge in [-0.25, -0.2) is 4.79 Å². The van der Waals surface area contributed by atoms with Crippen molar-refractivity contribution in [2.45, 2.75) is 52.2 Å². The van der Waals surface area contributed by atoms with Crippen LogP contribution in [0.5, 0.6) is 0 Å². The van der Waals surface area contributed by atoms with Crippen LogP contribution in [0.15, 0.2) is 73.3 Å². The highest BCUT2D eigenvalue weighted by atomic mass is 28.4. The number of benzene rings is 2. The summed E-state index contributed by atoms with van der Waals surface area (Å²) in [6.07, 6.45) is 0.719. The second-order valence-corrected chi connectivity index (χ2v) is 13.1. The van der Waals surface area contributed by atoms with Crippen molar-refractivity contribution in [2.75, 3.05) is 13.2 Å². The minimum Gasteiger partial charge on any atom is -0.466 e. The van der Waals surface area contributed by atoms with Gasteiger partial charge in [-0.2, -0.15) is 0 Å². The zero-order chi connectivity index (χ0) is 24.5. The molecule has 2 rings (SSSR count). The zero-order valence-corrected chi connectivity index (χ0v) is 21.4. The van der Waals surface area contributed by atoms with Gasteiger partial charge in [-0.1, -0.05) is 87.5 Å². The van der Waals surface area contributed by atoms with Crippen LogP contribution < -0.4 is 10.4 Å². The molecule has 0 amide bonds. The summed E-state index contributed by atoms with van der Waals surface area (Å²) in [5.74, 6) is -1.91. The van der Waals surface area contributed by atoms with E-state index in [1.807, 2.05) is 60.7 Å². The fourth-order valence-electron chi connectivity index (χ4n) is 4.17. The number of hydrogen-bond donors (Lipinski definition) is 0. The lowest BCUT2D eigenvalue weighted by Crippen LogP contribution is -2.69. The minimum atomic E-state index is -3.11. The van der Waals surface area contributed by atoms with Gasteiger partial charge >= 0.3 is 11.9 Å². The Morgan fingerprint density at radius 2 is 1.33 bits per heavy atom. The van der Waals surface area contributed by atoms with E-state index in [-0.39, 0.29) is 24.7 Å². The Kier molecular flexibility index (Phi) is 9.62. The maximum absolute atomic E-state index is 13.3. The third kappa shape index (κ3) is 6.00. The molecule has 33 heavy (non-hydrogen) atoms. The summed E-state index contributed by atoms with van der Waals surface area (Å²) >= 11 is 0. The molecule has 0 unspecified atom stereocenters. The number of hydrogen-bond acceptors (Lipinski definition) is 5. The number of ether oxygens (including phenoxy) is 2. The topological polar surface area (TPSA) is 61.8 Å². The van der Waals surface area contributed by atoms with Gasteiger partial charge in [0, 0.05) is 0 Å². The monoisotopic (exact) mass is 468 g/mol. The van der Waals surface area contributed by atoms with E-state index in [0.717, 1.165) is 10.4 Å². The molecule has 0 aliphatic heterocycles. The third-order valence-electron chi connectivity index (χ3n) is 5.61. The summed E-state index contributed by atoms with van der Waals surface area (Å²) < 4.78 is 17.7. The Hall–Kier alpha value is -2.70. The molecule has 0 saturated carbocycles. The van der Waals surface area contributed by atoms with Crippen LogP contribution in [-0.2, 0) is 23.5 Å². The normalized spacial score (nSPS) is 13.6. The van der Waals surface area contributed by atoms with Gasteiger partial charge in [-0.15, -0.1) is 6.58 Å². The van der Waals surface area contributed by atoms with Gasteiger partial charge in [-0.3, -0.25) is 4.79 Å². The summed E-state index contributed by atoms with van der Waals surface area (Å²) in [5.41, 5.74) is 0. The van der Waals surface area contributed by atoms with Gasteiger partial charge in [0.25, 0.3) is 8.32 Å². The van der Waals surface area contributed by atoms with Crippen LogP contribution in [0.2, 0.25) is 5.04 Å². The molecule has 0 saturated heterocycles. The van der Waals surface area contributed by atoms with Crippen molar-refractivity contribution in [1.29, 1.82) is 0 Å². The van der Waals surface area contributed by atoms with Crippen molar-refractivity contribution in [3.05, 3.63) is 73.3 Å². The SMILES string of the molecule is C=CC[C@@H](C(=O)OCC)[C@@H](O[Si](c1ccccc1)(c1ccccc1)C(C)(C)C)C(=O)OCC. The number of carbonyl (C=O) groups excluding carboxylic acids is 2. The predicted molar refractivity (Wildman–Crippen MR) is 134 cm³/mol.